The SMILES string of the molecule is C=C.CCC.Cc1cc(O)c(CNC(=O)c2cc3c(-c4ccnc(N(C)C)c4)ccn3c(C(C)N3CCN(CC(F)(F)F)CC3)c2C)c(=O)[nH]1. The Kier molecular flexibility index (Phi) is 13.8. The van der Waals surface area contributed by atoms with Crippen molar-refractivity contribution in [2.24, 2.45) is 0 Å². The van der Waals surface area contributed by atoms with Crippen LogP contribution in [-0.4, -0.2) is 88.2 Å². The molecular weight excluding hydrogens is 647 g/mol. The number of anilines is 1. The van der Waals surface area contributed by atoms with Crippen molar-refractivity contribution >= 4 is 17.2 Å². The maximum absolute atomic E-state index is 13.8. The van der Waals surface area contributed by atoms with E-state index in [1.54, 1.807) is 13.1 Å². The number of carbonyl (C=O) groups excluding carboxylic acids is 1. The lowest BCUT2D eigenvalue weighted by atomic mass is 9.99. The molecule has 3 N–H and O–H groups in total. The Labute approximate surface area is 292 Å². The number of alkyl halides is 3. The lowest BCUT2D eigenvalue weighted by Crippen LogP contribution is -2.49. The lowest BCUT2D eigenvalue weighted by Gasteiger charge is -2.39. The van der Waals surface area contributed by atoms with E-state index in [2.05, 4.69) is 47.2 Å². The van der Waals surface area contributed by atoms with Crippen LogP contribution in [0.5, 0.6) is 5.75 Å². The molecule has 0 radical (unpaired) electrons. The van der Waals surface area contributed by atoms with E-state index in [0.717, 1.165) is 28.2 Å². The van der Waals surface area contributed by atoms with E-state index < -0.39 is 24.2 Å². The summed E-state index contributed by atoms with van der Waals surface area (Å²) in [7, 11) is 3.81. The van der Waals surface area contributed by atoms with E-state index in [1.807, 2.05) is 67.7 Å². The number of aryl methyl sites for hydroxylation is 1. The number of H-pyrrole nitrogens is 1. The quantitative estimate of drug-likeness (QED) is 0.181. The van der Waals surface area contributed by atoms with Crippen LogP contribution in [0, 0.1) is 13.8 Å². The van der Waals surface area contributed by atoms with E-state index in [-0.39, 0.29) is 37.0 Å². The fourth-order valence-corrected chi connectivity index (χ4v) is 6.06. The largest absolute Gasteiger partial charge is 0.507 e. The number of hydrogen-bond acceptors (Lipinski definition) is 7. The number of aromatic hydroxyl groups is 1. The molecule has 50 heavy (non-hydrogen) atoms. The molecule has 10 nitrogen and oxygen atoms in total. The zero-order valence-electron chi connectivity index (χ0n) is 30.1. The van der Waals surface area contributed by atoms with E-state index in [9.17, 15) is 27.9 Å². The highest BCUT2D eigenvalue weighted by Crippen LogP contribution is 2.35. The van der Waals surface area contributed by atoms with Crippen LogP contribution in [0.15, 0.2) is 60.7 Å². The van der Waals surface area contributed by atoms with E-state index in [0.29, 0.717) is 29.9 Å². The predicted octanol–water partition coefficient (Wildman–Crippen LogP) is 6.47. The maximum Gasteiger partial charge on any atom is 0.401 e. The van der Waals surface area contributed by atoms with E-state index >= 15 is 0 Å². The second-order valence-corrected chi connectivity index (χ2v) is 12.5. The van der Waals surface area contributed by atoms with Crippen LogP contribution in [0.4, 0.5) is 19.0 Å². The van der Waals surface area contributed by atoms with Gasteiger partial charge in [-0.15, -0.1) is 13.2 Å². The predicted molar refractivity (Wildman–Crippen MR) is 194 cm³/mol. The number of halogens is 3. The smallest absolute Gasteiger partial charge is 0.401 e. The van der Waals surface area contributed by atoms with Crippen molar-refractivity contribution in [2.45, 2.75) is 59.8 Å². The van der Waals surface area contributed by atoms with Gasteiger partial charge < -0.3 is 24.7 Å². The van der Waals surface area contributed by atoms with Crippen LogP contribution in [0.1, 0.15) is 66.1 Å². The molecule has 1 unspecified atom stereocenters. The molecule has 4 aromatic heterocycles. The maximum atomic E-state index is 13.8. The van der Waals surface area contributed by atoms with Gasteiger partial charge in [0, 0.05) is 81.2 Å². The van der Waals surface area contributed by atoms with E-state index in [4.69, 9.17) is 0 Å². The van der Waals surface area contributed by atoms with Crippen molar-refractivity contribution in [3.05, 3.63) is 94.3 Å². The molecule has 13 heteroatoms. The number of pyridine rings is 3. The number of hydrogen-bond donors (Lipinski definition) is 3. The fourth-order valence-electron chi connectivity index (χ4n) is 6.06. The molecule has 1 aliphatic rings. The summed E-state index contributed by atoms with van der Waals surface area (Å²) in [6.45, 7) is 16.1. The minimum Gasteiger partial charge on any atom is -0.507 e. The van der Waals surface area contributed by atoms with Crippen LogP contribution in [0.25, 0.3) is 16.6 Å². The second-order valence-electron chi connectivity index (χ2n) is 12.5. The third kappa shape index (κ3) is 9.54. The molecular formula is C37H50F3N7O3. The number of fused-ring (bicyclic) bond motifs is 1. The molecule has 1 amide bonds. The summed E-state index contributed by atoms with van der Waals surface area (Å²) < 4.78 is 41.1. The fraction of sp³-hybridized carbons (Fsp3) is 0.432. The van der Waals surface area contributed by atoms with Crippen molar-refractivity contribution < 1.29 is 23.1 Å². The molecule has 1 atom stereocenters. The molecule has 0 saturated carbocycles. The molecule has 0 spiro atoms. The van der Waals surface area contributed by atoms with Crippen LogP contribution in [0.3, 0.4) is 0 Å². The third-order valence-corrected chi connectivity index (χ3v) is 8.44. The van der Waals surface area contributed by atoms with Gasteiger partial charge in [-0.3, -0.25) is 19.4 Å². The van der Waals surface area contributed by atoms with Crippen molar-refractivity contribution in [3.63, 3.8) is 0 Å². The average molecular weight is 698 g/mol. The van der Waals surface area contributed by atoms with Crippen LogP contribution in [0.2, 0.25) is 0 Å². The number of aromatic amines is 1. The summed E-state index contributed by atoms with van der Waals surface area (Å²) in [6, 6.07) is 8.85. The molecule has 1 fully saturated rings. The highest BCUT2D eigenvalue weighted by Gasteiger charge is 2.34. The molecule has 0 aromatic carbocycles. The van der Waals surface area contributed by atoms with Crippen molar-refractivity contribution in [2.75, 3.05) is 51.7 Å². The van der Waals surface area contributed by atoms with Gasteiger partial charge in [0.15, 0.2) is 0 Å². The highest BCUT2D eigenvalue weighted by molar-refractivity contribution is 5.98. The first-order valence-corrected chi connectivity index (χ1v) is 16.7. The summed E-state index contributed by atoms with van der Waals surface area (Å²) in [5, 5.41) is 13.1. The minimum atomic E-state index is -4.25. The van der Waals surface area contributed by atoms with Gasteiger partial charge in [0.2, 0.25) is 0 Å². The van der Waals surface area contributed by atoms with Crippen LogP contribution < -0.4 is 15.8 Å². The Morgan fingerprint density at radius 1 is 1.10 bits per heavy atom. The summed E-state index contributed by atoms with van der Waals surface area (Å²) in [5.41, 5.74) is 4.56. The van der Waals surface area contributed by atoms with E-state index in [1.165, 1.54) is 17.4 Å². The number of amides is 1. The highest BCUT2D eigenvalue weighted by atomic mass is 19.4. The first-order chi connectivity index (χ1) is 23.6. The first-order valence-electron chi connectivity index (χ1n) is 16.7. The molecule has 4 aromatic rings. The summed E-state index contributed by atoms with van der Waals surface area (Å²) in [6.07, 6.45) is 0.676. The van der Waals surface area contributed by atoms with Gasteiger partial charge in [-0.1, -0.05) is 20.3 Å². The van der Waals surface area contributed by atoms with Gasteiger partial charge in [0.25, 0.3) is 11.5 Å². The van der Waals surface area contributed by atoms with Crippen LogP contribution in [-0.2, 0) is 6.54 Å². The Hall–Kier alpha value is -4.62. The number of nitrogens with zero attached hydrogens (tertiary/aromatic N) is 5. The van der Waals surface area contributed by atoms with Crippen LogP contribution >= 0.6 is 0 Å². The van der Waals surface area contributed by atoms with Gasteiger partial charge in [0.1, 0.15) is 11.6 Å². The number of rotatable bonds is 8. The molecule has 5 rings (SSSR count). The first kappa shape index (κ1) is 39.8. The van der Waals surface area contributed by atoms with Gasteiger partial charge in [-0.25, -0.2) is 4.98 Å². The minimum absolute atomic E-state index is 0.0503. The molecule has 1 aliphatic heterocycles. The zero-order chi connectivity index (χ0) is 37.3. The monoisotopic (exact) mass is 697 g/mol. The zero-order valence-corrected chi connectivity index (χ0v) is 30.1. The Bertz CT molecular complexity index is 1810. The summed E-state index contributed by atoms with van der Waals surface area (Å²) in [4.78, 5) is 38.7. The molecule has 0 aliphatic carbocycles. The van der Waals surface area contributed by atoms with Gasteiger partial charge in [-0.2, -0.15) is 13.2 Å². The summed E-state index contributed by atoms with van der Waals surface area (Å²) >= 11 is 0. The van der Waals surface area contributed by atoms with Crippen molar-refractivity contribution in [3.8, 4) is 16.9 Å². The lowest BCUT2D eigenvalue weighted by molar-refractivity contribution is -0.149. The normalized spacial score (nSPS) is 14.3. The Morgan fingerprint density at radius 2 is 1.74 bits per heavy atom. The number of aromatic nitrogens is 3. The summed E-state index contributed by atoms with van der Waals surface area (Å²) in [5.74, 6) is 0.144. The molecule has 5 heterocycles. The number of nitrogens with one attached hydrogen (secondary N) is 2. The topological polar surface area (TPSA) is 109 Å². The van der Waals surface area contributed by atoms with Crippen molar-refractivity contribution in [1.82, 2.24) is 29.5 Å². The molecule has 1 saturated heterocycles. The van der Waals surface area contributed by atoms with Gasteiger partial charge in [-0.05, 0) is 62.2 Å². The number of piperazine rings is 1. The Balaban J connectivity index is 0.00000128. The Morgan fingerprint density at radius 3 is 2.32 bits per heavy atom. The molecule has 0 bridgehead atoms. The van der Waals surface area contributed by atoms with Crippen molar-refractivity contribution in [1.29, 1.82) is 0 Å². The third-order valence-electron chi connectivity index (χ3n) is 8.44. The molecule has 272 valence electrons. The van der Waals surface area contributed by atoms with Gasteiger partial charge >= 0.3 is 6.18 Å². The van der Waals surface area contributed by atoms with Gasteiger partial charge in [0.05, 0.1) is 24.2 Å². The second kappa shape index (κ2) is 17.3. The standard InChI is InChI=1S/C32H38F3N7O3.C3H8.C2H4/c1-19-14-27(43)25(31(45)38-19)17-37-30(44)24-16-26-23(22-6-8-36-28(15-22)39(4)5)7-9-42(26)29(20(24)2)21(3)41-12-10-40(11-13-41)18-32(33,34)35;1-3-2;1-2/h6-9,14-16,21H,10-13,17-18H2,1-5H3,(H,37,44)(H2,38,43,45);3H2,1-2H3;1-2H2. The number of carbonyl (C=O) groups is 1. The average Bonchev–Trinajstić information content (AvgIpc) is 3.48.